The number of hydrogen-bond acceptors (Lipinski definition) is 5. The fourth-order valence-corrected chi connectivity index (χ4v) is 4.37. The van der Waals surface area contributed by atoms with Crippen LogP contribution < -0.4 is 15.8 Å². The molecule has 2 atom stereocenters. The van der Waals surface area contributed by atoms with Gasteiger partial charge >= 0.3 is 5.63 Å². The maximum absolute atomic E-state index is 13.7. The van der Waals surface area contributed by atoms with Crippen LogP contribution in [0.2, 0.25) is 0 Å². The standard InChI is InChI=1S/C23H23FN4O2/c1-13-6-17(24)11-28-12-20(26-22(13)28)19-7-16-4-5-18(8-21(16)30-23(19)29)27-9-14(2)25-15(3)10-27/h4-8,11-12,14-15,25H,9-10H2,1-3H3/t14-,15+. The summed E-state index contributed by atoms with van der Waals surface area (Å²) in [7, 11) is 0. The van der Waals surface area contributed by atoms with Crippen molar-refractivity contribution in [3.63, 3.8) is 0 Å². The van der Waals surface area contributed by atoms with E-state index in [0.29, 0.717) is 40.1 Å². The number of anilines is 1. The van der Waals surface area contributed by atoms with Gasteiger partial charge in [-0.15, -0.1) is 0 Å². The highest BCUT2D eigenvalue weighted by molar-refractivity contribution is 5.84. The van der Waals surface area contributed by atoms with Crippen molar-refractivity contribution in [3.05, 3.63) is 64.5 Å². The summed E-state index contributed by atoms with van der Waals surface area (Å²) in [6.45, 7) is 7.92. The van der Waals surface area contributed by atoms with Crippen molar-refractivity contribution in [2.24, 2.45) is 0 Å². The van der Waals surface area contributed by atoms with E-state index in [-0.39, 0.29) is 5.82 Å². The van der Waals surface area contributed by atoms with Gasteiger partial charge in [0.15, 0.2) is 0 Å². The number of fused-ring (bicyclic) bond motifs is 2. The third kappa shape index (κ3) is 3.25. The molecular weight excluding hydrogens is 383 g/mol. The highest BCUT2D eigenvalue weighted by Crippen LogP contribution is 2.26. The zero-order valence-electron chi connectivity index (χ0n) is 17.1. The largest absolute Gasteiger partial charge is 0.422 e. The fraction of sp³-hybridized carbons (Fsp3) is 0.304. The molecule has 1 saturated heterocycles. The van der Waals surface area contributed by atoms with E-state index in [0.717, 1.165) is 24.2 Å². The van der Waals surface area contributed by atoms with E-state index < -0.39 is 5.63 Å². The van der Waals surface area contributed by atoms with Crippen LogP contribution in [0.5, 0.6) is 0 Å². The predicted octanol–water partition coefficient (Wildman–Crippen LogP) is 3.74. The first-order chi connectivity index (χ1) is 14.4. The molecule has 6 nitrogen and oxygen atoms in total. The summed E-state index contributed by atoms with van der Waals surface area (Å²) in [5.74, 6) is -0.349. The average Bonchev–Trinajstić information content (AvgIpc) is 3.10. The van der Waals surface area contributed by atoms with Crippen LogP contribution in [0, 0.1) is 12.7 Å². The highest BCUT2D eigenvalue weighted by Gasteiger charge is 2.22. The molecule has 0 bridgehead atoms. The number of hydrogen-bond donors (Lipinski definition) is 1. The number of imidazole rings is 1. The molecule has 0 radical (unpaired) electrons. The number of pyridine rings is 1. The summed E-state index contributed by atoms with van der Waals surface area (Å²) in [5, 5.41) is 4.35. The van der Waals surface area contributed by atoms with Crippen LogP contribution in [-0.4, -0.2) is 34.6 Å². The Labute approximate surface area is 172 Å². The molecule has 0 unspecified atom stereocenters. The van der Waals surface area contributed by atoms with E-state index in [1.807, 2.05) is 12.1 Å². The molecule has 0 spiro atoms. The van der Waals surface area contributed by atoms with Gasteiger partial charge in [0.2, 0.25) is 0 Å². The number of aromatic nitrogens is 2. The molecule has 0 saturated carbocycles. The second kappa shape index (κ2) is 6.95. The predicted molar refractivity (Wildman–Crippen MR) is 116 cm³/mol. The molecule has 0 aliphatic carbocycles. The van der Waals surface area contributed by atoms with Gasteiger partial charge in [-0.05, 0) is 50.6 Å². The number of halogens is 1. The van der Waals surface area contributed by atoms with Crippen molar-refractivity contribution in [2.45, 2.75) is 32.9 Å². The Morgan fingerprint density at radius 2 is 1.90 bits per heavy atom. The van der Waals surface area contributed by atoms with Crippen LogP contribution in [0.25, 0.3) is 27.9 Å². The maximum Gasteiger partial charge on any atom is 0.345 e. The summed E-state index contributed by atoms with van der Waals surface area (Å²) in [5.41, 5.74) is 3.28. The number of aryl methyl sites for hydroxylation is 1. The van der Waals surface area contributed by atoms with Crippen molar-refractivity contribution in [3.8, 4) is 11.3 Å². The second-order valence-corrected chi connectivity index (χ2v) is 8.24. The molecule has 154 valence electrons. The first-order valence-corrected chi connectivity index (χ1v) is 10.1. The Bertz CT molecular complexity index is 1320. The number of rotatable bonds is 2. The quantitative estimate of drug-likeness (QED) is 0.514. The fourth-order valence-electron chi connectivity index (χ4n) is 4.37. The van der Waals surface area contributed by atoms with Crippen LogP contribution in [0.3, 0.4) is 0 Å². The smallest absolute Gasteiger partial charge is 0.345 e. The molecule has 1 aliphatic rings. The summed E-state index contributed by atoms with van der Waals surface area (Å²) in [6.07, 6.45) is 3.00. The topological polar surface area (TPSA) is 62.8 Å². The van der Waals surface area contributed by atoms with Gasteiger partial charge in [-0.1, -0.05) is 0 Å². The van der Waals surface area contributed by atoms with Crippen LogP contribution in [0.4, 0.5) is 10.1 Å². The SMILES string of the molecule is Cc1cc(F)cn2cc(-c3cc4ccc(N5C[C@@H](C)N[C@@H](C)C5)cc4oc3=O)nc12. The third-order valence-electron chi connectivity index (χ3n) is 5.62. The van der Waals surface area contributed by atoms with Gasteiger partial charge in [0.1, 0.15) is 17.0 Å². The maximum atomic E-state index is 13.7. The summed E-state index contributed by atoms with van der Waals surface area (Å²) in [6, 6.07) is 9.95. The minimum atomic E-state index is -0.455. The van der Waals surface area contributed by atoms with Crippen molar-refractivity contribution in [1.29, 1.82) is 0 Å². The van der Waals surface area contributed by atoms with Crippen molar-refractivity contribution < 1.29 is 8.81 Å². The van der Waals surface area contributed by atoms with Gasteiger partial charge in [0.25, 0.3) is 0 Å². The average molecular weight is 406 g/mol. The number of nitrogens with zero attached hydrogens (tertiary/aromatic N) is 3. The zero-order valence-corrected chi connectivity index (χ0v) is 17.1. The van der Waals surface area contributed by atoms with E-state index in [1.165, 1.54) is 12.3 Å². The Hall–Kier alpha value is -3.19. The minimum Gasteiger partial charge on any atom is -0.422 e. The molecule has 4 aromatic rings. The van der Waals surface area contributed by atoms with Crippen molar-refractivity contribution in [1.82, 2.24) is 14.7 Å². The lowest BCUT2D eigenvalue weighted by molar-refractivity contribution is 0.407. The van der Waals surface area contributed by atoms with Gasteiger partial charge in [-0.25, -0.2) is 14.2 Å². The molecule has 1 aliphatic heterocycles. The number of nitrogens with one attached hydrogen (secondary N) is 1. The van der Waals surface area contributed by atoms with Crippen LogP contribution in [0.1, 0.15) is 19.4 Å². The Morgan fingerprint density at radius 1 is 1.13 bits per heavy atom. The van der Waals surface area contributed by atoms with Crippen LogP contribution >= 0.6 is 0 Å². The summed E-state index contributed by atoms with van der Waals surface area (Å²) in [4.78, 5) is 19.6. The number of piperazine rings is 1. The molecule has 7 heteroatoms. The lowest BCUT2D eigenvalue weighted by Crippen LogP contribution is -2.54. The Morgan fingerprint density at radius 3 is 2.67 bits per heavy atom. The molecule has 30 heavy (non-hydrogen) atoms. The number of benzene rings is 1. The molecule has 4 heterocycles. The Kier molecular flexibility index (Phi) is 4.36. The van der Waals surface area contributed by atoms with E-state index >= 15 is 0 Å². The third-order valence-corrected chi connectivity index (χ3v) is 5.62. The van der Waals surface area contributed by atoms with E-state index in [2.05, 4.69) is 35.1 Å². The monoisotopic (exact) mass is 406 g/mol. The first-order valence-electron chi connectivity index (χ1n) is 10.1. The lowest BCUT2D eigenvalue weighted by Gasteiger charge is -2.37. The highest BCUT2D eigenvalue weighted by atomic mass is 19.1. The van der Waals surface area contributed by atoms with Gasteiger partial charge in [0.05, 0.1) is 11.3 Å². The lowest BCUT2D eigenvalue weighted by atomic mass is 10.1. The first kappa shape index (κ1) is 18.8. The molecule has 1 aromatic carbocycles. The van der Waals surface area contributed by atoms with E-state index in [9.17, 15) is 9.18 Å². The summed E-state index contributed by atoms with van der Waals surface area (Å²) < 4.78 is 21.0. The Balaban J connectivity index is 1.56. The normalized spacial score (nSPS) is 19.7. The van der Waals surface area contributed by atoms with Crippen LogP contribution in [-0.2, 0) is 0 Å². The van der Waals surface area contributed by atoms with E-state index in [1.54, 1.807) is 23.6 Å². The second-order valence-electron chi connectivity index (χ2n) is 8.24. The van der Waals surface area contributed by atoms with Gasteiger partial charge in [-0.3, -0.25) is 0 Å². The van der Waals surface area contributed by atoms with E-state index in [4.69, 9.17) is 4.42 Å². The molecule has 0 amide bonds. The van der Waals surface area contributed by atoms with Gasteiger partial charge in [0, 0.05) is 54.7 Å². The summed E-state index contributed by atoms with van der Waals surface area (Å²) >= 11 is 0. The van der Waals surface area contributed by atoms with Gasteiger partial charge < -0.3 is 19.0 Å². The molecular formula is C23H23FN4O2. The van der Waals surface area contributed by atoms with Crippen molar-refractivity contribution in [2.75, 3.05) is 18.0 Å². The molecule has 1 fully saturated rings. The minimum absolute atomic E-state index is 0.349. The zero-order chi connectivity index (χ0) is 21.0. The van der Waals surface area contributed by atoms with Gasteiger partial charge in [-0.2, -0.15) is 0 Å². The van der Waals surface area contributed by atoms with Crippen LogP contribution in [0.15, 0.2) is 51.9 Å². The van der Waals surface area contributed by atoms with Crippen molar-refractivity contribution >= 4 is 22.3 Å². The molecule has 5 rings (SSSR count). The molecule has 3 aromatic heterocycles. The molecule has 1 N–H and O–H groups in total.